The van der Waals surface area contributed by atoms with Gasteiger partial charge in [0.05, 0.1) is 11.3 Å². The molecule has 2 aromatic rings. The van der Waals surface area contributed by atoms with E-state index in [0.717, 1.165) is 6.20 Å². The summed E-state index contributed by atoms with van der Waals surface area (Å²) in [5, 5.41) is 20.0. The van der Waals surface area contributed by atoms with Gasteiger partial charge in [-0.1, -0.05) is 6.07 Å². The van der Waals surface area contributed by atoms with Crippen molar-refractivity contribution in [1.29, 1.82) is 10.5 Å². The Balaban J connectivity index is 2.43. The number of halogens is 5. The Morgan fingerprint density at radius 3 is 2.19 bits per heavy atom. The Morgan fingerprint density at radius 1 is 1.07 bits per heavy atom. The van der Waals surface area contributed by atoms with Crippen LogP contribution in [0.5, 0.6) is 11.5 Å². The smallest absolute Gasteiger partial charge is 0.416 e. The zero-order valence-electron chi connectivity index (χ0n) is 13.7. The largest absolute Gasteiger partial charge is 0.449 e. The van der Waals surface area contributed by atoms with Gasteiger partial charge in [0.2, 0.25) is 0 Å². The molecule has 9 heteroatoms. The van der Waals surface area contributed by atoms with E-state index in [1.54, 1.807) is 25.1 Å². The molecule has 0 aliphatic rings. The number of hydrogen-bond donors (Lipinski definition) is 1. The highest BCUT2D eigenvalue weighted by atomic mass is 19.4. The van der Waals surface area contributed by atoms with Crippen molar-refractivity contribution in [2.45, 2.75) is 13.1 Å². The number of nitriles is 2. The van der Waals surface area contributed by atoms with E-state index in [9.17, 15) is 22.0 Å². The van der Waals surface area contributed by atoms with E-state index in [1.165, 1.54) is 12.1 Å². The number of nitrogens with one attached hydrogen (secondary N) is 1. The highest BCUT2D eigenvalue weighted by molar-refractivity contribution is 5.61. The standard InChI is InChI=1S/C18H10F5N3O/c1-10-2-3-16(15(4-10)26-9-11(7-24)8-25)27-17-13(19)5-12(6-14(17)20)18(21,22)23/h2-6,9,26H,1H3. The fourth-order valence-corrected chi connectivity index (χ4v) is 2.02. The minimum Gasteiger partial charge on any atom is -0.449 e. The Kier molecular flexibility index (Phi) is 5.66. The molecule has 0 radical (unpaired) electrons. The van der Waals surface area contributed by atoms with Crippen LogP contribution in [0, 0.1) is 41.2 Å². The zero-order chi connectivity index (χ0) is 20.2. The van der Waals surface area contributed by atoms with Crippen LogP contribution in [0.4, 0.5) is 27.6 Å². The zero-order valence-corrected chi connectivity index (χ0v) is 13.7. The first kappa shape index (κ1) is 19.7. The first-order chi connectivity index (χ1) is 12.7. The normalized spacial score (nSPS) is 10.5. The van der Waals surface area contributed by atoms with Crippen LogP contribution < -0.4 is 10.1 Å². The van der Waals surface area contributed by atoms with E-state index in [4.69, 9.17) is 15.3 Å². The molecule has 27 heavy (non-hydrogen) atoms. The first-order valence-corrected chi connectivity index (χ1v) is 7.27. The Bertz CT molecular complexity index is 945. The predicted octanol–water partition coefficient (Wildman–Crippen LogP) is 5.43. The molecule has 0 amide bonds. The van der Waals surface area contributed by atoms with Crippen LogP contribution in [0.3, 0.4) is 0 Å². The van der Waals surface area contributed by atoms with Crippen molar-refractivity contribution in [1.82, 2.24) is 0 Å². The minimum atomic E-state index is -4.91. The summed E-state index contributed by atoms with van der Waals surface area (Å²) in [4.78, 5) is 0. The van der Waals surface area contributed by atoms with Crippen molar-refractivity contribution in [2.75, 3.05) is 5.32 Å². The predicted molar refractivity (Wildman–Crippen MR) is 85.5 cm³/mol. The molecule has 0 saturated heterocycles. The maximum atomic E-state index is 14.0. The molecule has 2 aromatic carbocycles. The lowest BCUT2D eigenvalue weighted by atomic mass is 10.2. The molecule has 0 heterocycles. The van der Waals surface area contributed by atoms with Crippen molar-refractivity contribution >= 4 is 5.69 Å². The van der Waals surface area contributed by atoms with Gasteiger partial charge in [0.15, 0.2) is 23.1 Å². The Labute approximate surface area is 150 Å². The van der Waals surface area contributed by atoms with Gasteiger partial charge in [-0.15, -0.1) is 0 Å². The van der Waals surface area contributed by atoms with Crippen LogP contribution in [0.2, 0.25) is 0 Å². The lowest BCUT2D eigenvalue weighted by molar-refractivity contribution is -0.138. The summed E-state index contributed by atoms with van der Waals surface area (Å²) in [6.45, 7) is 1.70. The Morgan fingerprint density at radius 2 is 1.67 bits per heavy atom. The third kappa shape index (κ3) is 4.73. The van der Waals surface area contributed by atoms with Gasteiger partial charge >= 0.3 is 6.18 Å². The van der Waals surface area contributed by atoms with Crippen LogP contribution >= 0.6 is 0 Å². The van der Waals surface area contributed by atoms with E-state index in [0.29, 0.717) is 5.56 Å². The van der Waals surface area contributed by atoms with E-state index in [1.807, 2.05) is 0 Å². The molecule has 0 saturated carbocycles. The van der Waals surface area contributed by atoms with Crippen LogP contribution in [-0.4, -0.2) is 0 Å². The molecule has 0 aliphatic carbocycles. The number of allylic oxidation sites excluding steroid dienone is 1. The molecule has 0 atom stereocenters. The fourth-order valence-electron chi connectivity index (χ4n) is 2.02. The van der Waals surface area contributed by atoms with Gasteiger partial charge in [0.25, 0.3) is 0 Å². The van der Waals surface area contributed by atoms with Crippen molar-refractivity contribution in [3.63, 3.8) is 0 Å². The van der Waals surface area contributed by atoms with E-state index in [2.05, 4.69) is 5.32 Å². The Hall–Kier alpha value is -3.59. The molecule has 0 spiro atoms. The molecule has 4 nitrogen and oxygen atoms in total. The summed E-state index contributed by atoms with van der Waals surface area (Å²) in [6, 6.07) is 7.86. The highest BCUT2D eigenvalue weighted by Crippen LogP contribution is 2.37. The quantitative estimate of drug-likeness (QED) is 0.568. The van der Waals surface area contributed by atoms with Gasteiger partial charge in [-0.25, -0.2) is 8.78 Å². The highest BCUT2D eigenvalue weighted by Gasteiger charge is 2.33. The molecular weight excluding hydrogens is 369 g/mol. The summed E-state index contributed by atoms with van der Waals surface area (Å²) < 4.78 is 70.9. The average Bonchev–Trinajstić information content (AvgIpc) is 2.59. The number of aryl methyl sites for hydroxylation is 1. The topological polar surface area (TPSA) is 68.8 Å². The number of ether oxygens (including phenoxy) is 1. The molecule has 0 aliphatic heterocycles. The second-order valence-electron chi connectivity index (χ2n) is 5.29. The number of nitrogens with zero attached hydrogens (tertiary/aromatic N) is 2. The van der Waals surface area contributed by atoms with Crippen molar-refractivity contribution < 1.29 is 26.7 Å². The molecule has 138 valence electrons. The lowest BCUT2D eigenvalue weighted by Crippen LogP contribution is -2.07. The van der Waals surface area contributed by atoms with Gasteiger partial charge in [-0.05, 0) is 36.8 Å². The molecule has 0 fully saturated rings. The summed E-state index contributed by atoms with van der Waals surface area (Å²) in [7, 11) is 0. The monoisotopic (exact) mass is 379 g/mol. The van der Waals surface area contributed by atoms with Crippen LogP contribution in [0.15, 0.2) is 42.1 Å². The second-order valence-corrected chi connectivity index (χ2v) is 5.29. The van der Waals surface area contributed by atoms with Gasteiger partial charge in [0, 0.05) is 6.20 Å². The fraction of sp³-hybridized carbons (Fsp3) is 0.111. The van der Waals surface area contributed by atoms with E-state index < -0.39 is 29.1 Å². The summed E-state index contributed by atoms with van der Waals surface area (Å²) in [5.41, 5.74) is -0.893. The molecule has 1 N–H and O–H groups in total. The molecule has 2 rings (SSSR count). The second kappa shape index (κ2) is 7.75. The summed E-state index contributed by atoms with van der Waals surface area (Å²) in [6.07, 6.45) is -3.85. The molecular formula is C18H10F5N3O. The third-order valence-electron chi connectivity index (χ3n) is 3.29. The summed E-state index contributed by atoms with van der Waals surface area (Å²) >= 11 is 0. The third-order valence-corrected chi connectivity index (χ3v) is 3.29. The number of rotatable bonds is 4. The van der Waals surface area contributed by atoms with Crippen molar-refractivity contribution in [3.05, 3.63) is 64.9 Å². The maximum absolute atomic E-state index is 14.0. The number of benzene rings is 2. The summed E-state index contributed by atoms with van der Waals surface area (Å²) in [5.74, 6) is -4.19. The maximum Gasteiger partial charge on any atom is 0.416 e. The van der Waals surface area contributed by atoms with Gasteiger partial charge in [-0.3, -0.25) is 0 Å². The SMILES string of the molecule is Cc1ccc(Oc2c(F)cc(C(F)(F)F)cc2F)c(NC=C(C#N)C#N)c1. The van der Waals surface area contributed by atoms with E-state index >= 15 is 0 Å². The molecule has 0 unspecified atom stereocenters. The number of hydrogen-bond acceptors (Lipinski definition) is 4. The van der Waals surface area contributed by atoms with Gasteiger partial charge in [-0.2, -0.15) is 23.7 Å². The van der Waals surface area contributed by atoms with Crippen molar-refractivity contribution in [3.8, 4) is 23.6 Å². The van der Waals surface area contributed by atoms with E-state index in [-0.39, 0.29) is 29.1 Å². The first-order valence-electron chi connectivity index (χ1n) is 7.27. The minimum absolute atomic E-state index is 0.121. The van der Waals surface area contributed by atoms with Crippen LogP contribution in [-0.2, 0) is 6.18 Å². The van der Waals surface area contributed by atoms with Gasteiger partial charge < -0.3 is 10.1 Å². The lowest BCUT2D eigenvalue weighted by Gasteiger charge is -2.14. The van der Waals surface area contributed by atoms with Crippen LogP contribution in [0.1, 0.15) is 11.1 Å². The van der Waals surface area contributed by atoms with Crippen molar-refractivity contribution in [2.24, 2.45) is 0 Å². The average molecular weight is 379 g/mol. The van der Waals surface area contributed by atoms with Crippen LogP contribution in [0.25, 0.3) is 0 Å². The van der Waals surface area contributed by atoms with Gasteiger partial charge in [0.1, 0.15) is 17.7 Å². The number of alkyl halides is 3. The molecule has 0 bridgehead atoms. The molecule has 0 aromatic heterocycles. The number of anilines is 1.